The number of carbonyl (C=O) groups is 2. The number of H-pyrrole nitrogens is 1. The summed E-state index contributed by atoms with van der Waals surface area (Å²) in [6.45, 7) is 2.36. The third-order valence-corrected chi connectivity index (χ3v) is 4.76. The van der Waals surface area contributed by atoms with Gasteiger partial charge in [0, 0.05) is 18.2 Å². The molecule has 2 heterocycles. The van der Waals surface area contributed by atoms with E-state index in [1.807, 2.05) is 25.1 Å². The second-order valence-electron chi connectivity index (χ2n) is 6.54. The average Bonchev–Trinajstić information content (AvgIpc) is 3.11. The first-order chi connectivity index (χ1) is 12.9. The molecule has 0 aliphatic carbocycles. The van der Waals surface area contributed by atoms with Crippen LogP contribution >= 0.6 is 0 Å². The zero-order valence-electron chi connectivity index (χ0n) is 14.6. The molecule has 0 spiro atoms. The molecule has 0 saturated carbocycles. The van der Waals surface area contributed by atoms with Gasteiger partial charge in [0.15, 0.2) is 5.58 Å². The van der Waals surface area contributed by atoms with Crippen LogP contribution in [0.15, 0.2) is 51.7 Å². The van der Waals surface area contributed by atoms with Crippen molar-refractivity contribution in [3.63, 3.8) is 0 Å². The molecule has 0 fully saturated rings. The molecule has 3 N–H and O–H groups in total. The van der Waals surface area contributed by atoms with Crippen molar-refractivity contribution in [3.05, 3.63) is 75.3 Å². The second-order valence-corrected chi connectivity index (χ2v) is 6.54. The number of nitrogens with one attached hydrogen (secondary N) is 1. The Morgan fingerprint density at radius 3 is 2.85 bits per heavy atom. The Balaban J connectivity index is 1.62. The van der Waals surface area contributed by atoms with Crippen LogP contribution in [0, 0.1) is 0 Å². The highest BCUT2D eigenvalue weighted by atomic mass is 16.4. The molecule has 4 rings (SSSR count). The molecule has 1 aromatic heterocycles. The number of oxazole rings is 1. The van der Waals surface area contributed by atoms with Gasteiger partial charge < -0.3 is 15.1 Å². The van der Waals surface area contributed by atoms with Crippen molar-refractivity contribution in [1.29, 1.82) is 0 Å². The van der Waals surface area contributed by atoms with Crippen LogP contribution in [0.5, 0.6) is 0 Å². The third-order valence-electron chi connectivity index (χ3n) is 4.76. The normalized spacial score (nSPS) is 16.4. The summed E-state index contributed by atoms with van der Waals surface area (Å²) in [6, 6.07) is 10.8. The SMILES string of the molecule is CC1c2ccc(C=CC(N)=O)cc2C(=O)N1Cc1ccc2[nH]c(=O)oc2c1. The number of carbonyl (C=O) groups excluding carboxylic acids is 2. The minimum absolute atomic E-state index is 0.0811. The number of fused-ring (bicyclic) bond motifs is 2. The summed E-state index contributed by atoms with van der Waals surface area (Å²) in [7, 11) is 0. The lowest BCUT2D eigenvalue weighted by Crippen LogP contribution is -2.26. The summed E-state index contributed by atoms with van der Waals surface area (Å²) in [5.74, 6) is -1.12. The van der Waals surface area contributed by atoms with Crippen molar-refractivity contribution in [2.45, 2.75) is 19.5 Å². The largest absolute Gasteiger partial charge is 0.417 e. The van der Waals surface area contributed by atoms with Crippen LogP contribution in [0.1, 0.15) is 40.0 Å². The van der Waals surface area contributed by atoms with E-state index in [4.69, 9.17) is 10.2 Å². The molecule has 0 bridgehead atoms. The highest BCUT2D eigenvalue weighted by molar-refractivity contribution is 6.00. The summed E-state index contributed by atoms with van der Waals surface area (Å²) in [4.78, 5) is 39.5. The minimum atomic E-state index is -0.538. The molecule has 1 aliphatic heterocycles. The summed E-state index contributed by atoms with van der Waals surface area (Å²) >= 11 is 0. The van der Waals surface area contributed by atoms with Gasteiger partial charge in [-0.2, -0.15) is 0 Å². The van der Waals surface area contributed by atoms with Gasteiger partial charge in [0.1, 0.15) is 0 Å². The quantitative estimate of drug-likeness (QED) is 0.693. The standard InChI is InChI=1S/C20H17N3O4/c1-11-14-5-2-12(4-7-18(21)24)8-15(14)19(25)23(11)10-13-3-6-16-17(9-13)27-20(26)22-16/h2-9,11H,10H2,1H3,(H2,21,24)(H,22,26). The third kappa shape index (κ3) is 3.03. The van der Waals surface area contributed by atoms with Gasteiger partial charge in [0.25, 0.3) is 5.91 Å². The Morgan fingerprint density at radius 1 is 1.26 bits per heavy atom. The van der Waals surface area contributed by atoms with Gasteiger partial charge in [-0.15, -0.1) is 0 Å². The zero-order valence-corrected chi connectivity index (χ0v) is 14.6. The summed E-state index contributed by atoms with van der Waals surface area (Å²) in [5, 5.41) is 0. The van der Waals surface area contributed by atoms with E-state index in [1.54, 1.807) is 29.2 Å². The average molecular weight is 363 g/mol. The molecule has 1 unspecified atom stereocenters. The van der Waals surface area contributed by atoms with Crippen LogP contribution in [-0.2, 0) is 11.3 Å². The molecule has 7 nitrogen and oxygen atoms in total. The molecule has 0 saturated heterocycles. The van der Waals surface area contributed by atoms with Gasteiger partial charge in [0.2, 0.25) is 5.91 Å². The summed E-state index contributed by atoms with van der Waals surface area (Å²) in [6.07, 6.45) is 2.85. The van der Waals surface area contributed by atoms with Crippen molar-refractivity contribution >= 4 is 29.0 Å². The van der Waals surface area contributed by atoms with E-state index in [-0.39, 0.29) is 11.9 Å². The lowest BCUT2D eigenvalue weighted by molar-refractivity contribution is -0.113. The molecule has 2 amide bonds. The van der Waals surface area contributed by atoms with Gasteiger partial charge >= 0.3 is 5.76 Å². The van der Waals surface area contributed by atoms with Gasteiger partial charge in [-0.25, -0.2) is 4.79 Å². The van der Waals surface area contributed by atoms with Gasteiger partial charge in [-0.1, -0.05) is 18.2 Å². The Labute approximate surface area is 154 Å². The molecule has 1 aliphatic rings. The predicted octanol–water partition coefficient (Wildman–Crippen LogP) is 2.34. The molecule has 2 aromatic carbocycles. The van der Waals surface area contributed by atoms with Crippen LogP contribution in [0.4, 0.5) is 0 Å². The maximum absolute atomic E-state index is 12.9. The molecule has 1 atom stereocenters. The number of hydrogen-bond donors (Lipinski definition) is 2. The van der Waals surface area contributed by atoms with E-state index in [2.05, 4.69) is 4.98 Å². The number of nitrogens with zero attached hydrogens (tertiary/aromatic N) is 1. The monoisotopic (exact) mass is 363 g/mol. The van der Waals surface area contributed by atoms with Crippen molar-refractivity contribution in [2.75, 3.05) is 0 Å². The van der Waals surface area contributed by atoms with E-state index < -0.39 is 11.7 Å². The van der Waals surface area contributed by atoms with Crippen LogP contribution in [-0.4, -0.2) is 21.7 Å². The summed E-state index contributed by atoms with van der Waals surface area (Å²) < 4.78 is 5.09. The Kier molecular flexibility index (Phi) is 3.92. The van der Waals surface area contributed by atoms with E-state index in [1.165, 1.54) is 6.08 Å². The number of aromatic amines is 1. The molecular formula is C20H17N3O4. The Bertz CT molecular complexity index is 1160. The van der Waals surface area contributed by atoms with E-state index in [0.29, 0.717) is 23.2 Å². The Hall–Kier alpha value is -3.61. The van der Waals surface area contributed by atoms with Gasteiger partial charge in [-0.3, -0.25) is 14.6 Å². The van der Waals surface area contributed by atoms with Gasteiger partial charge in [0.05, 0.1) is 11.6 Å². The molecule has 7 heteroatoms. The minimum Gasteiger partial charge on any atom is -0.408 e. The lowest BCUT2D eigenvalue weighted by atomic mass is 10.0. The molecule has 27 heavy (non-hydrogen) atoms. The second kappa shape index (κ2) is 6.28. The van der Waals surface area contributed by atoms with Crippen LogP contribution in [0.2, 0.25) is 0 Å². The number of aromatic nitrogens is 1. The summed E-state index contributed by atoms with van der Waals surface area (Å²) in [5.41, 5.74) is 9.37. The topological polar surface area (TPSA) is 109 Å². The van der Waals surface area contributed by atoms with Crippen LogP contribution < -0.4 is 11.5 Å². The first-order valence-corrected chi connectivity index (χ1v) is 8.46. The fourth-order valence-electron chi connectivity index (χ4n) is 3.40. The number of primary amides is 1. The highest BCUT2D eigenvalue weighted by Gasteiger charge is 2.33. The van der Waals surface area contributed by atoms with E-state index in [0.717, 1.165) is 16.7 Å². The first kappa shape index (κ1) is 16.8. The number of hydrogen-bond acceptors (Lipinski definition) is 4. The lowest BCUT2D eigenvalue weighted by Gasteiger charge is -2.22. The van der Waals surface area contributed by atoms with Crippen LogP contribution in [0.3, 0.4) is 0 Å². The highest BCUT2D eigenvalue weighted by Crippen LogP contribution is 2.35. The predicted molar refractivity (Wildman–Crippen MR) is 99.8 cm³/mol. The van der Waals surface area contributed by atoms with Crippen molar-refractivity contribution in [1.82, 2.24) is 9.88 Å². The molecule has 3 aromatic rings. The first-order valence-electron chi connectivity index (χ1n) is 8.46. The van der Waals surface area contributed by atoms with Crippen molar-refractivity contribution in [3.8, 4) is 0 Å². The van der Waals surface area contributed by atoms with Crippen molar-refractivity contribution < 1.29 is 14.0 Å². The number of rotatable bonds is 4. The van der Waals surface area contributed by atoms with Crippen molar-refractivity contribution in [2.24, 2.45) is 5.73 Å². The fraction of sp³-hybridized carbons (Fsp3) is 0.150. The van der Waals surface area contributed by atoms with E-state index >= 15 is 0 Å². The molecule has 0 radical (unpaired) electrons. The van der Waals surface area contributed by atoms with Crippen LogP contribution in [0.25, 0.3) is 17.2 Å². The van der Waals surface area contributed by atoms with Gasteiger partial charge in [-0.05, 0) is 47.9 Å². The van der Waals surface area contributed by atoms with E-state index in [9.17, 15) is 14.4 Å². The number of amides is 2. The number of nitrogens with two attached hydrogens (primary N) is 1. The Morgan fingerprint density at radius 2 is 2.07 bits per heavy atom. The fourth-order valence-corrected chi connectivity index (χ4v) is 3.40. The smallest absolute Gasteiger partial charge is 0.408 e. The molecular weight excluding hydrogens is 346 g/mol. The maximum Gasteiger partial charge on any atom is 0.417 e. The number of benzene rings is 2. The molecule has 136 valence electrons. The zero-order chi connectivity index (χ0) is 19.1. The maximum atomic E-state index is 12.9.